The number of rotatable bonds is 11. The van der Waals surface area contributed by atoms with Crippen LogP contribution in [0.4, 0.5) is 4.39 Å². The van der Waals surface area contributed by atoms with Crippen molar-refractivity contribution in [2.45, 2.75) is 110 Å². The molecule has 0 heterocycles. The maximum Gasteiger partial charge on any atom is 0.123 e. The molecule has 1 saturated carbocycles. The molecule has 29 heavy (non-hydrogen) atoms. The average molecular weight is 399 g/mol. The van der Waals surface area contributed by atoms with Crippen LogP contribution in [0, 0.1) is 23.6 Å². The van der Waals surface area contributed by atoms with E-state index in [-0.39, 0.29) is 5.82 Å². The molecule has 0 saturated heterocycles. The Morgan fingerprint density at radius 3 is 2.10 bits per heavy atom. The monoisotopic (exact) mass is 398 g/mol. The van der Waals surface area contributed by atoms with Gasteiger partial charge in [-0.25, -0.2) is 4.39 Å². The summed E-state index contributed by atoms with van der Waals surface area (Å²) in [5.41, 5.74) is 2.89. The van der Waals surface area contributed by atoms with Gasteiger partial charge in [-0.3, -0.25) is 0 Å². The number of allylic oxidation sites excluding steroid dienone is 2. The predicted molar refractivity (Wildman–Crippen MR) is 124 cm³/mol. The van der Waals surface area contributed by atoms with Crippen LogP contribution in [0.5, 0.6) is 0 Å². The van der Waals surface area contributed by atoms with Crippen molar-refractivity contribution < 1.29 is 4.39 Å². The minimum absolute atomic E-state index is 0.131. The van der Waals surface area contributed by atoms with Gasteiger partial charge in [0.25, 0.3) is 0 Å². The number of unbranched alkanes of at least 4 members (excludes halogenated alkanes) is 3. The minimum Gasteiger partial charge on any atom is -0.207 e. The van der Waals surface area contributed by atoms with Crippen molar-refractivity contribution >= 4 is 0 Å². The molecule has 0 amide bonds. The summed E-state index contributed by atoms with van der Waals surface area (Å²) in [5, 5.41) is 0. The van der Waals surface area contributed by atoms with E-state index in [0.29, 0.717) is 0 Å². The Balaban J connectivity index is 1.26. The Hall–Kier alpha value is -1.11. The summed E-state index contributed by atoms with van der Waals surface area (Å²) in [6.07, 6.45) is 24.9. The third kappa shape index (κ3) is 8.27. The normalized spacial score (nSPS) is 25.0. The van der Waals surface area contributed by atoms with Crippen molar-refractivity contribution in [3.8, 4) is 0 Å². The molecule has 0 aromatic heterocycles. The minimum atomic E-state index is -0.131. The molecule has 162 valence electrons. The van der Waals surface area contributed by atoms with Gasteiger partial charge in [0.05, 0.1) is 0 Å². The predicted octanol–water partition coefficient (Wildman–Crippen LogP) is 9.04. The van der Waals surface area contributed by atoms with Crippen molar-refractivity contribution in [2.75, 3.05) is 0 Å². The van der Waals surface area contributed by atoms with Gasteiger partial charge in [-0.2, -0.15) is 0 Å². The van der Waals surface area contributed by atoms with Crippen LogP contribution in [-0.2, 0) is 6.42 Å². The van der Waals surface area contributed by atoms with Crippen LogP contribution in [0.15, 0.2) is 35.9 Å². The van der Waals surface area contributed by atoms with Gasteiger partial charge in [-0.05, 0) is 74.0 Å². The van der Waals surface area contributed by atoms with E-state index < -0.39 is 0 Å². The molecule has 2 aliphatic carbocycles. The van der Waals surface area contributed by atoms with Crippen LogP contribution in [0.25, 0.3) is 0 Å². The summed E-state index contributed by atoms with van der Waals surface area (Å²) in [6.45, 7) is 2.31. The third-order valence-electron chi connectivity index (χ3n) is 7.68. The first-order valence-corrected chi connectivity index (χ1v) is 12.6. The molecule has 0 aliphatic heterocycles. The van der Waals surface area contributed by atoms with E-state index in [9.17, 15) is 4.39 Å². The summed E-state index contributed by atoms with van der Waals surface area (Å²) < 4.78 is 13.0. The Morgan fingerprint density at radius 1 is 0.759 bits per heavy atom. The van der Waals surface area contributed by atoms with Gasteiger partial charge in [0.2, 0.25) is 0 Å². The fourth-order valence-corrected chi connectivity index (χ4v) is 5.53. The fourth-order valence-electron chi connectivity index (χ4n) is 5.53. The maximum absolute atomic E-state index is 13.0. The lowest BCUT2D eigenvalue weighted by Crippen LogP contribution is -2.16. The summed E-state index contributed by atoms with van der Waals surface area (Å²) in [6, 6.07) is 7.03. The van der Waals surface area contributed by atoms with Crippen LogP contribution < -0.4 is 0 Å². The molecule has 0 radical (unpaired) electrons. The van der Waals surface area contributed by atoms with E-state index in [2.05, 4.69) is 13.0 Å². The zero-order valence-electron chi connectivity index (χ0n) is 18.8. The molecular weight excluding hydrogens is 355 g/mol. The van der Waals surface area contributed by atoms with Crippen molar-refractivity contribution in [3.05, 3.63) is 47.3 Å². The van der Waals surface area contributed by atoms with Crippen molar-refractivity contribution in [1.29, 1.82) is 0 Å². The number of halogens is 1. The SMILES string of the molecule is CCCCCCC1CCC(CCC2CC=C(CCc3ccc(F)cc3)CC2)CC1. The van der Waals surface area contributed by atoms with Crippen molar-refractivity contribution in [2.24, 2.45) is 17.8 Å². The molecule has 0 N–H and O–H groups in total. The Bertz CT molecular complexity index is 591. The quantitative estimate of drug-likeness (QED) is 0.257. The number of benzene rings is 1. The summed E-state index contributed by atoms with van der Waals surface area (Å²) in [5.74, 6) is 2.86. The number of hydrogen-bond acceptors (Lipinski definition) is 0. The van der Waals surface area contributed by atoms with Gasteiger partial charge in [-0.1, -0.05) is 94.9 Å². The molecule has 1 heteroatoms. The standard InChI is InChI=1S/C28H43F/c1-2-3-4-5-6-23-7-9-24(10-8-23)11-12-25-13-15-26(16-14-25)17-18-27-19-21-28(29)22-20-27/h15,19-25H,2-14,16-18H2,1H3. The van der Waals surface area contributed by atoms with Gasteiger partial charge in [0.15, 0.2) is 0 Å². The lowest BCUT2D eigenvalue weighted by Gasteiger charge is -2.30. The first-order chi connectivity index (χ1) is 14.2. The summed E-state index contributed by atoms with van der Waals surface area (Å²) in [4.78, 5) is 0. The maximum atomic E-state index is 13.0. The van der Waals surface area contributed by atoms with Gasteiger partial charge in [0.1, 0.15) is 5.82 Å². The highest BCUT2D eigenvalue weighted by Gasteiger charge is 2.22. The molecule has 1 aromatic rings. The Morgan fingerprint density at radius 2 is 1.45 bits per heavy atom. The van der Waals surface area contributed by atoms with E-state index in [4.69, 9.17) is 0 Å². The van der Waals surface area contributed by atoms with Gasteiger partial charge in [0, 0.05) is 0 Å². The lowest BCUT2D eigenvalue weighted by atomic mass is 9.76. The molecule has 1 aromatic carbocycles. The van der Waals surface area contributed by atoms with E-state index in [1.54, 1.807) is 17.7 Å². The van der Waals surface area contributed by atoms with Crippen molar-refractivity contribution in [1.82, 2.24) is 0 Å². The average Bonchev–Trinajstić information content (AvgIpc) is 2.76. The zero-order valence-corrected chi connectivity index (χ0v) is 18.8. The lowest BCUT2D eigenvalue weighted by molar-refractivity contribution is 0.234. The van der Waals surface area contributed by atoms with Crippen LogP contribution in [0.1, 0.15) is 109 Å². The second-order valence-electron chi connectivity index (χ2n) is 9.94. The van der Waals surface area contributed by atoms with Gasteiger partial charge < -0.3 is 0 Å². The first kappa shape index (κ1) is 22.6. The van der Waals surface area contributed by atoms with Crippen molar-refractivity contribution in [3.63, 3.8) is 0 Å². The molecule has 0 nitrogen and oxygen atoms in total. The molecule has 0 spiro atoms. The van der Waals surface area contributed by atoms with E-state index >= 15 is 0 Å². The Kier molecular flexibility index (Phi) is 9.77. The second kappa shape index (κ2) is 12.6. The van der Waals surface area contributed by atoms with E-state index in [1.165, 1.54) is 95.5 Å². The molecule has 2 aliphatic rings. The highest BCUT2D eigenvalue weighted by Crippen LogP contribution is 2.37. The molecule has 1 atom stereocenters. The summed E-state index contributed by atoms with van der Waals surface area (Å²) in [7, 11) is 0. The van der Waals surface area contributed by atoms with Gasteiger partial charge in [-0.15, -0.1) is 0 Å². The second-order valence-corrected chi connectivity index (χ2v) is 9.94. The fraction of sp³-hybridized carbons (Fsp3) is 0.714. The van der Waals surface area contributed by atoms with Crippen LogP contribution in [0.2, 0.25) is 0 Å². The molecule has 1 unspecified atom stereocenters. The first-order valence-electron chi connectivity index (χ1n) is 12.6. The largest absolute Gasteiger partial charge is 0.207 e. The third-order valence-corrected chi connectivity index (χ3v) is 7.68. The molecule has 1 fully saturated rings. The highest BCUT2D eigenvalue weighted by molar-refractivity contribution is 5.18. The number of aryl methyl sites for hydroxylation is 1. The van der Waals surface area contributed by atoms with Crippen LogP contribution in [0.3, 0.4) is 0 Å². The van der Waals surface area contributed by atoms with E-state index in [0.717, 1.165) is 30.6 Å². The number of hydrogen-bond donors (Lipinski definition) is 0. The van der Waals surface area contributed by atoms with Crippen LogP contribution >= 0.6 is 0 Å². The van der Waals surface area contributed by atoms with Gasteiger partial charge >= 0.3 is 0 Å². The molecule has 3 rings (SSSR count). The van der Waals surface area contributed by atoms with E-state index in [1.807, 2.05) is 12.1 Å². The highest BCUT2D eigenvalue weighted by atomic mass is 19.1. The zero-order chi connectivity index (χ0) is 20.3. The van der Waals surface area contributed by atoms with Crippen LogP contribution in [-0.4, -0.2) is 0 Å². The smallest absolute Gasteiger partial charge is 0.123 e. The Labute approximate surface area is 179 Å². The molecular formula is C28H43F. The molecule has 0 bridgehead atoms. The summed E-state index contributed by atoms with van der Waals surface area (Å²) >= 11 is 0. The topological polar surface area (TPSA) is 0 Å².